The van der Waals surface area contributed by atoms with Crippen LogP contribution in [0.15, 0.2) is 34.2 Å². The molecule has 2 aromatic rings. The first-order valence-electron chi connectivity index (χ1n) is 12.1. The summed E-state index contributed by atoms with van der Waals surface area (Å²) in [5.41, 5.74) is 4.25. The number of carbonyl (C=O) groups is 2. The number of urea groups is 1. The van der Waals surface area contributed by atoms with Gasteiger partial charge in [0, 0.05) is 17.9 Å². The van der Waals surface area contributed by atoms with E-state index in [-0.39, 0.29) is 16.6 Å². The minimum absolute atomic E-state index is 0.0587. The number of nitrogens with one attached hydrogen (secondary N) is 3. The number of nitriles is 1. The van der Waals surface area contributed by atoms with Crippen LogP contribution in [0.1, 0.15) is 61.9 Å². The number of thioether (sulfide) groups is 1. The molecule has 0 spiro atoms. The van der Waals surface area contributed by atoms with Gasteiger partial charge in [0.15, 0.2) is 0 Å². The quantitative estimate of drug-likeness (QED) is 0.313. The minimum atomic E-state index is -4.03. The van der Waals surface area contributed by atoms with Crippen LogP contribution in [0.25, 0.3) is 0 Å². The number of benzene rings is 1. The Morgan fingerprint density at radius 3 is 2.44 bits per heavy atom. The molecule has 0 saturated heterocycles. The Hall–Kier alpha value is -3.10. The van der Waals surface area contributed by atoms with E-state index in [1.807, 2.05) is 18.6 Å². The van der Waals surface area contributed by atoms with Gasteiger partial charge in [-0.25, -0.2) is 22.9 Å². The summed E-state index contributed by atoms with van der Waals surface area (Å²) in [5.74, 6) is -0.242. The molecule has 192 valence electrons. The lowest BCUT2D eigenvalue weighted by atomic mass is 9.87. The lowest BCUT2D eigenvalue weighted by molar-refractivity contribution is -0.113. The third kappa shape index (κ3) is 6.98. The fraction of sp³-hybridized carbons (Fsp3) is 0.440. The van der Waals surface area contributed by atoms with Crippen LogP contribution in [0, 0.1) is 11.3 Å². The van der Waals surface area contributed by atoms with Gasteiger partial charge in [-0.15, -0.1) is 0 Å². The average Bonchev–Trinajstić information content (AvgIpc) is 2.87. The summed E-state index contributed by atoms with van der Waals surface area (Å²) in [6.45, 7) is 4.39. The number of amides is 3. The van der Waals surface area contributed by atoms with Gasteiger partial charge >= 0.3 is 6.03 Å². The van der Waals surface area contributed by atoms with Crippen LogP contribution in [-0.4, -0.2) is 37.6 Å². The van der Waals surface area contributed by atoms with Crippen LogP contribution in [-0.2, 0) is 34.1 Å². The molecule has 1 aromatic heterocycles. The minimum Gasteiger partial charge on any atom is -0.337 e. The molecule has 3 rings (SSSR count). The SMILES string of the molecule is CCCCNC(=O)NS(=O)(=O)c1ccc(NC(=O)CSc2nc(CC)c3c(c2C#N)CCCC3)cc1. The number of anilines is 1. The fourth-order valence-electron chi connectivity index (χ4n) is 4.03. The number of hydrogen-bond donors (Lipinski definition) is 3. The Kier molecular flexibility index (Phi) is 9.73. The molecule has 11 heteroatoms. The zero-order chi connectivity index (χ0) is 26.1. The molecule has 0 saturated carbocycles. The maximum atomic E-state index is 12.6. The molecule has 0 bridgehead atoms. The van der Waals surface area contributed by atoms with E-state index in [9.17, 15) is 23.3 Å². The van der Waals surface area contributed by atoms with Gasteiger partial charge in [0.1, 0.15) is 11.1 Å². The number of pyridine rings is 1. The highest BCUT2D eigenvalue weighted by atomic mass is 32.2. The molecule has 0 fully saturated rings. The van der Waals surface area contributed by atoms with E-state index < -0.39 is 16.1 Å². The predicted molar refractivity (Wildman–Crippen MR) is 139 cm³/mol. The molecule has 3 amide bonds. The van der Waals surface area contributed by atoms with Crippen LogP contribution in [0.5, 0.6) is 0 Å². The molecule has 3 N–H and O–H groups in total. The van der Waals surface area contributed by atoms with Gasteiger partial charge in [0.2, 0.25) is 5.91 Å². The van der Waals surface area contributed by atoms with Gasteiger partial charge in [0.05, 0.1) is 16.2 Å². The average molecular weight is 530 g/mol. The van der Waals surface area contributed by atoms with Gasteiger partial charge < -0.3 is 10.6 Å². The Labute approximate surface area is 216 Å². The molecule has 0 atom stereocenters. The van der Waals surface area contributed by atoms with Gasteiger partial charge in [-0.1, -0.05) is 32.0 Å². The summed E-state index contributed by atoms with van der Waals surface area (Å²) in [5, 5.41) is 15.6. The molecule has 1 heterocycles. The highest BCUT2D eigenvalue weighted by Gasteiger charge is 2.22. The number of rotatable bonds is 10. The Morgan fingerprint density at radius 1 is 1.11 bits per heavy atom. The number of hydrogen-bond acceptors (Lipinski definition) is 7. The van der Waals surface area contributed by atoms with Crippen molar-refractivity contribution in [2.75, 3.05) is 17.6 Å². The second-order valence-corrected chi connectivity index (χ2v) is 11.1. The van der Waals surface area contributed by atoms with Gasteiger partial charge in [0.25, 0.3) is 10.0 Å². The highest BCUT2D eigenvalue weighted by Crippen LogP contribution is 2.32. The van der Waals surface area contributed by atoms with Crippen molar-refractivity contribution >= 4 is 39.4 Å². The third-order valence-corrected chi connectivity index (χ3v) is 8.17. The molecule has 1 aliphatic rings. The van der Waals surface area contributed by atoms with E-state index in [1.54, 1.807) is 0 Å². The Morgan fingerprint density at radius 2 is 1.81 bits per heavy atom. The molecule has 1 aliphatic carbocycles. The second kappa shape index (κ2) is 12.7. The van der Waals surface area contributed by atoms with E-state index in [1.165, 1.54) is 41.6 Å². The summed E-state index contributed by atoms with van der Waals surface area (Å²) in [4.78, 5) is 28.9. The molecule has 36 heavy (non-hydrogen) atoms. The number of aryl methyl sites for hydroxylation is 1. The number of fused-ring (bicyclic) bond motifs is 1. The van der Waals surface area contributed by atoms with Gasteiger partial charge in [-0.2, -0.15) is 5.26 Å². The largest absolute Gasteiger partial charge is 0.337 e. The van der Waals surface area contributed by atoms with E-state index in [0.717, 1.165) is 56.2 Å². The first-order valence-corrected chi connectivity index (χ1v) is 14.5. The van der Waals surface area contributed by atoms with Crippen molar-refractivity contribution in [1.82, 2.24) is 15.0 Å². The smallest absolute Gasteiger partial charge is 0.328 e. The summed E-state index contributed by atoms with van der Waals surface area (Å²) in [6.07, 6.45) is 6.35. The second-order valence-electron chi connectivity index (χ2n) is 8.44. The van der Waals surface area contributed by atoms with Crippen LogP contribution in [0.4, 0.5) is 10.5 Å². The summed E-state index contributed by atoms with van der Waals surface area (Å²) >= 11 is 1.23. The van der Waals surface area contributed by atoms with Crippen molar-refractivity contribution in [2.45, 2.75) is 68.7 Å². The molecular weight excluding hydrogens is 498 g/mol. The lowest BCUT2D eigenvalue weighted by Gasteiger charge is -2.21. The van der Waals surface area contributed by atoms with Gasteiger partial charge in [-0.3, -0.25) is 4.79 Å². The Bertz CT molecular complexity index is 1250. The molecule has 0 aliphatic heterocycles. The number of sulfonamides is 1. The number of nitrogens with zero attached hydrogens (tertiary/aromatic N) is 2. The molecule has 1 aromatic carbocycles. The standard InChI is InChI=1S/C25H31N5O4S2/c1-3-5-14-27-25(32)30-36(33,34)18-12-10-17(11-13-18)28-23(31)16-35-24-21(15-26)19-8-6-7-9-20(19)22(4-2)29-24/h10-13H,3-9,14,16H2,1-2H3,(H,28,31)(H2,27,30,32). The van der Waals surface area contributed by atoms with Crippen molar-refractivity contribution < 1.29 is 18.0 Å². The van der Waals surface area contributed by atoms with Crippen molar-refractivity contribution in [3.8, 4) is 6.07 Å². The topological polar surface area (TPSA) is 141 Å². The van der Waals surface area contributed by atoms with Crippen molar-refractivity contribution in [3.63, 3.8) is 0 Å². The van der Waals surface area contributed by atoms with Crippen LogP contribution >= 0.6 is 11.8 Å². The number of unbranched alkanes of at least 4 members (excludes halogenated alkanes) is 1. The molecule has 9 nitrogen and oxygen atoms in total. The lowest BCUT2D eigenvalue weighted by Crippen LogP contribution is -2.39. The number of aromatic nitrogens is 1. The van der Waals surface area contributed by atoms with Crippen molar-refractivity contribution in [3.05, 3.63) is 46.6 Å². The van der Waals surface area contributed by atoms with E-state index >= 15 is 0 Å². The van der Waals surface area contributed by atoms with Crippen molar-refractivity contribution in [1.29, 1.82) is 5.26 Å². The van der Waals surface area contributed by atoms with Crippen LogP contribution in [0.2, 0.25) is 0 Å². The summed E-state index contributed by atoms with van der Waals surface area (Å²) < 4.78 is 26.7. The maximum Gasteiger partial charge on any atom is 0.328 e. The zero-order valence-electron chi connectivity index (χ0n) is 20.5. The monoisotopic (exact) mass is 529 g/mol. The maximum absolute atomic E-state index is 12.6. The third-order valence-electron chi connectivity index (χ3n) is 5.85. The number of carbonyl (C=O) groups excluding carboxylic acids is 2. The molecule has 0 unspecified atom stereocenters. The van der Waals surface area contributed by atoms with E-state index in [2.05, 4.69) is 16.7 Å². The zero-order valence-corrected chi connectivity index (χ0v) is 22.2. The van der Waals surface area contributed by atoms with Crippen molar-refractivity contribution in [2.24, 2.45) is 0 Å². The first-order chi connectivity index (χ1) is 17.3. The summed E-state index contributed by atoms with van der Waals surface area (Å²) in [7, 11) is -4.03. The first kappa shape index (κ1) is 27.5. The normalized spacial score (nSPS) is 12.8. The molecule has 0 radical (unpaired) electrons. The van der Waals surface area contributed by atoms with E-state index in [0.29, 0.717) is 22.8 Å². The van der Waals surface area contributed by atoms with Gasteiger partial charge in [-0.05, 0) is 73.9 Å². The Balaban J connectivity index is 1.61. The fourth-order valence-corrected chi connectivity index (χ4v) is 5.79. The molecular formula is C25H31N5O4S2. The summed E-state index contributed by atoms with van der Waals surface area (Å²) in [6, 6.07) is 7.06. The predicted octanol–water partition coefficient (Wildman–Crippen LogP) is 3.91. The van der Waals surface area contributed by atoms with E-state index in [4.69, 9.17) is 4.98 Å². The highest BCUT2D eigenvalue weighted by molar-refractivity contribution is 8.00. The van der Waals surface area contributed by atoms with Crippen LogP contribution < -0.4 is 15.4 Å². The van der Waals surface area contributed by atoms with Crippen LogP contribution in [0.3, 0.4) is 0 Å².